The predicted molar refractivity (Wildman–Crippen MR) is 98.3 cm³/mol. The van der Waals surface area contributed by atoms with Gasteiger partial charge in [-0.2, -0.15) is 0 Å². The summed E-state index contributed by atoms with van der Waals surface area (Å²) in [6.07, 6.45) is 1.13. The predicted octanol–water partition coefficient (Wildman–Crippen LogP) is 2.96. The molecule has 0 bridgehead atoms. The molecule has 0 saturated carbocycles. The van der Waals surface area contributed by atoms with Gasteiger partial charge < -0.3 is 15.4 Å². The third-order valence-electron chi connectivity index (χ3n) is 4.27. The van der Waals surface area contributed by atoms with E-state index in [4.69, 9.17) is 4.74 Å². The molecule has 26 heavy (non-hydrogen) atoms. The molecule has 7 heteroatoms. The number of carbonyl (C=O) groups excluding carboxylic acids is 3. The van der Waals surface area contributed by atoms with E-state index in [9.17, 15) is 14.4 Å². The van der Waals surface area contributed by atoms with Gasteiger partial charge in [0.15, 0.2) is 0 Å². The zero-order valence-electron chi connectivity index (χ0n) is 15.6. The number of nitrogens with one attached hydrogen (secondary N) is 2. The number of nitrogens with zero attached hydrogens (tertiary/aromatic N) is 1. The molecule has 0 aliphatic carbocycles. The Balaban J connectivity index is 2.46. The van der Waals surface area contributed by atoms with E-state index in [0.29, 0.717) is 35.5 Å². The SMILES string of the molecule is CCCN1C(=O)NC(c2cccc(NC(=O)CC)c2)C(C(=O)OC)=C1C. The quantitative estimate of drug-likeness (QED) is 0.765. The van der Waals surface area contributed by atoms with Crippen LogP contribution in [-0.2, 0) is 14.3 Å². The first-order valence-electron chi connectivity index (χ1n) is 8.69. The maximum absolute atomic E-state index is 12.5. The third kappa shape index (κ3) is 4.04. The average Bonchev–Trinajstić information content (AvgIpc) is 2.64. The van der Waals surface area contributed by atoms with E-state index in [1.165, 1.54) is 7.11 Å². The van der Waals surface area contributed by atoms with Crippen LogP contribution in [0.3, 0.4) is 0 Å². The minimum absolute atomic E-state index is 0.108. The zero-order valence-corrected chi connectivity index (χ0v) is 15.6. The number of urea groups is 1. The van der Waals surface area contributed by atoms with Gasteiger partial charge in [0.2, 0.25) is 5.91 Å². The standard InChI is InChI=1S/C19H25N3O4/c1-5-10-22-12(3)16(18(24)26-4)17(21-19(22)25)13-8-7-9-14(11-13)20-15(23)6-2/h7-9,11,17H,5-6,10H2,1-4H3,(H,20,23)(H,21,25). The maximum atomic E-state index is 12.5. The fraction of sp³-hybridized carbons (Fsp3) is 0.421. The first kappa shape index (κ1) is 19.5. The Morgan fingerprint density at radius 2 is 2.04 bits per heavy atom. The van der Waals surface area contributed by atoms with Crippen LogP contribution in [0.15, 0.2) is 35.5 Å². The Morgan fingerprint density at radius 1 is 1.31 bits per heavy atom. The van der Waals surface area contributed by atoms with E-state index < -0.39 is 12.0 Å². The lowest BCUT2D eigenvalue weighted by Gasteiger charge is -2.35. The summed E-state index contributed by atoms with van der Waals surface area (Å²) in [5, 5.41) is 5.66. The Morgan fingerprint density at radius 3 is 2.65 bits per heavy atom. The number of anilines is 1. The zero-order chi connectivity index (χ0) is 19.3. The highest BCUT2D eigenvalue weighted by Crippen LogP contribution is 2.32. The van der Waals surface area contributed by atoms with Crippen molar-refractivity contribution in [1.82, 2.24) is 10.2 Å². The molecule has 0 fully saturated rings. The van der Waals surface area contributed by atoms with Crippen LogP contribution in [0.5, 0.6) is 0 Å². The van der Waals surface area contributed by atoms with E-state index in [-0.39, 0.29) is 11.9 Å². The lowest BCUT2D eigenvalue weighted by Crippen LogP contribution is -2.48. The first-order chi connectivity index (χ1) is 12.4. The van der Waals surface area contributed by atoms with E-state index in [1.54, 1.807) is 43.0 Å². The van der Waals surface area contributed by atoms with Crippen LogP contribution in [-0.4, -0.2) is 36.5 Å². The van der Waals surface area contributed by atoms with E-state index >= 15 is 0 Å². The van der Waals surface area contributed by atoms with Crippen molar-refractivity contribution in [3.05, 3.63) is 41.1 Å². The molecule has 2 rings (SSSR count). The normalized spacial score (nSPS) is 17.0. The molecule has 1 unspecified atom stereocenters. The summed E-state index contributed by atoms with van der Waals surface area (Å²) in [5.41, 5.74) is 2.28. The summed E-state index contributed by atoms with van der Waals surface area (Å²) >= 11 is 0. The molecule has 1 heterocycles. The molecule has 1 aliphatic heterocycles. The van der Waals surface area contributed by atoms with Crippen LogP contribution < -0.4 is 10.6 Å². The average molecular weight is 359 g/mol. The van der Waals surface area contributed by atoms with Crippen LogP contribution in [0.4, 0.5) is 10.5 Å². The first-order valence-corrected chi connectivity index (χ1v) is 8.69. The minimum Gasteiger partial charge on any atom is -0.466 e. The molecular weight excluding hydrogens is 334 g/mol. The van der Waals surface area contributed by atoms with Crippen molar-refractivity contribution in [3.8, 4) is 0 Å². The van der Waals surface area contributed by atoms with Crippen LogP contribution in [0.25, 0.3) is 0 Å². The number of hydrogen-bond acceptors (Lipinski definition) is 4. The van der Waals surface area contributed by atoms with Gasteiger partial charge in [-0.25, -0.2) is 9.59 Å². The van der Waals surface area contributed by atoms with Gasteiger partial charge in [-0.1, -0.05) is 26.0 Å². The van der Waals surface area contributed by atoms with E-state index in [2.05, 4.69) is 10.6 Å². The summed E-state index contributed by atoms with van der Waals surface area (Å²) in [5.74, 6) is -0.597. The molecule has 0 aromatic heterocycles. The molecule has 7 nitrogen and oxygen atoms in total. The second kappa shape index (κ2) is 8.51. The highest BCUT2D eigenvalue weighted by atomic mass is 16.5. The van der Waals surface area contributed by atoms with Crippen molar-refractivity contribution in [3.63, 3.8) is 0 Å². The second-order valence-electron chi connectivity index (χ2n) is 6.05. The van der Waals surface area contributed by atoms with Gasteiger partial charge in [0.05, 0.1) is 18.7 Å². The molecule has 1 aliphatic rings. The van der Waals surface area contributed by atoms with Crippen molar-refractivity contribution >= 4 is 23.6 Å². The van der Waals surface area contributed by atoms with Crippen LogP contribution in [0.2, 0.25) is 0 Å². The second-order valence-corrected chi connectivity index (χ2v) is 6.05. The lowest BCUT2D eigenvalue weighted by atomic mass is 9.94. The molecular formula is C19H25N3O4. The summed E-state index contributed by atoms with van der Waals surface area (Å²) in [6.45, 7) is 5.99. The van der Waals surface area contributed by atoms with E-state index in [1.807, 2.05) is 6.92 Å². The highest BCUT2D eigenvalue weighted by Gasteiger charge is 2.35. The molecule has 0 saturated heterocycles. The molecule has 140 valence electrons. The number of rotatable bonds is 6. The molecule has 0 spiro atoms. The Hall–Kier alpha value is -2.83. The van der Waals surface area contributed by atoms with Gasteiger partial charge in [-0.15, -0.1) is 0 Å². The summed E-state index contributed by atoms with van der Waals surface area (Å²) in [6, 6.07) is 6.20. The highest BCUT2D eigenvalue weighted by molar-refractivity contribution is 5.95. The number of esters is 1. The Bertz CT molecular complexity index is 742. The fourth-order valence-corrected chi connectivity index (χ4v) is 2.94. The Labute approximate surface area is 153 Å². The number of methoxy groups -OCH3 is 1. The summed E-state index contributed by atoms with van der Waals surface area (Å²) < 4.78 is 4.94. The van der Waals surface area contributed by atoms with Crippen molar-refractivity contribution in [2.24, 2.45) is 0 Å². The largest absolute Gasteiger partial charge is 0.466 e. The fourth-order valence-electron chi connectivity index (χ4n) is 2.94. The van der Waals surface area contributed by atoms with Crippen LogP contribution in [0, 0.1) is 0 Å². The van der Waals surface area contributed by atoms with Crippen molar-refractivity contribution in [1.29, 1.82) is 0 Å². The molecule has 0 radical (unpaired) electrons. The van der Waals surface area contributed by atoms with Crippen molar-refractivity contribution in [2.75, 3.05) is 19.0 Å². The monoisotopic (exact) mass is 359 g/mol. The van der Waals surface area contributed by atoms with E-state index in [0.717, 1.165) is 6.42 Å². The van der Waals surface area contributed by atoms with Gasteiger partial charge in [-0.3, -0.25) is 9.69 Å². The van der Waals surface area contributed by atoms with Gasteiger partial charge in [-0.05, 0) is 31.0 Å². The van der Waals surface area contributed by atoms with Crippen molar-refractivity contribution < 1.29 is 19.1 Å². The Kier molecular flexibility index (Phi) is 6.38. The van der Waals surface area contributed by atoms with Gasteiger partial charge in [0, 0.05) is 24.4 Å². The number of hydrogen-bond donors (Lipinski definition) is 2. The third-order valence-corrected chi connectivity index (χ3v) is 4.27. The topological polar surface area (TPSA) is 87.7 Å². The minimum atomic E-state index is -0.637. The maximum Gasteiger partial charge on any atom is 0.337 e. The van der Waals surface area contributed by atoms with Crippen LogP contribution >= 0.6 is 0 Å². The smallest absolute Gasteiger partial charge is 0.337 e. The molecule has 2 N–H and O–H groups in total. The summed E-state index contributed by atoms with van der Waals surface area (Å²) in [7, 11) is 1.32. The van der Waals surface area contributed by atoms with Gasteiger partial charge in [0.25, 0.3) is 0 Å². The molecule has 1 atom stereocenters. The number of carbonyl (C=O) groups is 3. The lowest BCUT2D eigenvalue weighted by molar-refractivity contribution is -0.136. The molecule has 1 aromatic carbocycles. The number of amides is 3. The number of benzene rings is 1. The number of allylic oxidation sites excluding steroid dienone is 1. The van der Waals surface area contributed by atoms with Crippen molar-refractivity contribution in [2.45, 2.75) is 39.7 Å². The molecule has 1 aromatic rings. The molecule has 3 amide bonds. The number of ether oxygens (including phenoxy) is 1. The van der Waals surface area contributed by atoms with Crippen LogP contribution in [0.1, 0.15) is 45.2 Å². The van der Waals surface area contributed by atoms with Gasteiger partial charge >= 0.3 is 12.0 Å². The van der Waals surface area contributed by atoms with Gasteiger partial charge in [0.1, 0.15) is 0 Å². The summed E-state index contributed by atoms with van der Waals surface area (Å²) in [4.78, 5) is 38.1.